The van der Waals surface area contributed by atoms with Crippen molar-refractivity contribution in [3.05, 3.63) is 155 Å². The van der Waals surface area contributed by atoms with Crippen molar-refractivity contribution in [1.29, 1.82) is 0 Å². The molecule has 0 radical (unpaired) electrons. The zero-order valence-electron chi connectivity index (χ0n) is 29.6. The minimum absolute atomic E-state index is 0.0175. The highest BCUT2D eigenvalue weighted by Gasteiger charge is 2.24. The number of aromatic nitrogens is 1. The van der Waals surface area contributed by atoms with E-state index in [1.165, 1.54) is 30.2 Å². The van der Waals surface area contributed by atoms with Crippen molar-refractivity contribution in [1.82, 2.24) is 10.3 Å². The molecule has 54 heavy (non-hydrogen) atoms. The number of carbonyl (C=O) groups is 3. The Labute approximate surface area is 321 Å². The van der Waals surface area contributed by atoms with E-state index < -0.39 is 17.1 Å². The minimum atomic E-state index is -0.656. The van der Waals surface area contributed by atoms with E-state index in [9.17, 15) is 14.4 Å². The third kappa shape index (κ3) is 9.34. The maximum absolute atomic E-state index is 13.9. The molecule has 1 unspecified atom stereocenters. The molecule has 12 heteroatoms. The SMILES string of the molecule is COc1ccccc1/C=C(/NC(=O)c1ccccc1)C(=O)Nc1cccc(SC(C(=O)Nc2nc(-c3ccc(OC)c(OC)c3)cs2)c2ccccc2)c1. The highest BCUT2D eigenvalue weighted by molar-refractivity contribution is 8.00. The number of thioether (sulfide) groups is 1. The first-order valence-electron chi connectivity index (χ1n) is 16.7. The number of carbonyl (C=O) groups excluding carboxylic acids is 3. The van der Waals surface area contributed by atoms with E-state index in [0.29, 0.717) is 44.9 Å². The van der Waals surface area contributed by atoms with Gasteiger partial charge in [0.1, 0.15) is 16.7 Å². The molecule has 5 aromatic carbocycles. The summed E-state index contributed by atoms with van der Waals surface area (Å²) < 4.78 is 16.3. The number of hydrogen-bond acceptors (Lipinski definition) is 9. The molecule has 0 aliphatic heterocycles. The number of rotatable bonds is 14. The lowest BCUT2D eigenvalue weighted by Gasteiger charge is -2.17. The Hall–Kier alpha value is -6.37. The Kier molecular flexibility index (Phi) is 12.4. The summed E-state index contributed by atoms with van der Waals surface area (Å²) in [6, 6.07) is 38.0. The van der Waals surface area contributed by atoms with E-state index in [2.05, 4.69) is 20.9 Å². The number of amides is 3. The number of hydrogen-bond donors (Lipinski definition) is 3. The molecule has 272 valence electrons. The molecular formula is C42H36N4O6S2. The average molecular weight is 757 g/mol. The van der Waals surface area contributed by atoms with Gasteiger partial charge in [0, 0.05) is 32.7 Å². The third-order valence-corrected chi connectivity index (χ3v) is 10.1. The van der Waals surface area contributed by atoms with Crippen molar-refractivity contribution in [2.24, 2.45) is 0 Å². The molecule has 1 atom stereocenters. The molecule has 0 saturated heterocycles. The molecule has 1 heterocycles. The number of ether oxygens (including phenoxy) is 3. The molecule has 6 rings (SSSR count). The molecule has 3 amide bonds. The van der Waals surface area contributed by atoms with Crippen molar-refractivity contribution in [3.8, 4) is 28.5 Å². The van der Waals surface area contributed by atoms with Crippen LogP contribution >= 0.6 is 23.1 Å². The summed E-state index contributed by atoms with van der Waals surface area (Å²) in [7, 11) is 4.69. The first kappa shape index (κ1) is 37.4. The maximum atomic E-state index is 13.9. The molecule has 10 nitrogen and oxygen atoms in total. The summed E-state index contributed by atoms with van der Waals surface area (Å²) in [5.74, 6) is 0.474. The molecule has 3 N–H and O–H groups in total. The molecule has 0 aliphatic rings. The smallest absolute Gasteiger partial charge is 0.272 e. The van der Waals surface area contributed by atoms with Gasteiger partial charge in [-0.1, -0.05) is 72.8 Å². The molecule has 0 bridgehead atoms. The van der Waals surface area contributed by atoms with Crippen LogP contribution in [0.1, 0.15) is 26.7 Å². The summed E-state index contributed by atoms with van der Waals surface area (Å²) >= 11 is 2.65. The van der Waals surface area contributed by atoms with E-state index >= 15 is 0 Å². The summed E-state index contributed by atoms with van der Waals surface area (Å²) in [5, 5.41) is 10.3. The second-order valence-corrected chi connectivity index (χ2v) is 13.6. The predicted molar refractivity (Wildman–Crippen MR) is 214 cm³/mol. The molecule has 0 saturated carbocycles. The average Bonchev–Trinajstić information content (AvgIpc) is 3.68. The molecule has 0 aliphatic carbocycles. The molecule has 6 aromatic rings. The second kappa shape index (κ2) is 17.9. The van der Waals surface area contributed by atoms with Crippen LogP contribution < -0.4 is 30.2 Å². The number of nitrogens with one attached hydrogen (secondary N) is 3. The lowest BCUT2D eigenvalue weighted by atomic mass is 10.1. The fourth-order valence-electron chi connectivity index (χ4n) is 5.40. The van der Waals surface area contributed by atoms with Crippen LogP contribution in [0.4, 0.5) is 10.8 Å². The normalized spacial score (nSPS) is 11.6. The summed E-state index contributed by atoms with van der Waals surface area (Å²) in [5.41, 5.74) is 3.78. The first-order valence-corrected chi connectivity index (χ1v) is 18.4. The third-order valence-electron chi connectivity index (χ3n) is 8.07. The van der Waals surface area contributed by atoms with E-state index in [4.69, 9.17) is 14.2 Å². The van der Waals surface area contributed by atoms with Gasteiger partial charge in [-0.05, 0) is 66.2 Å². The van der Waals surface area contributed by atoms with Crippen LogP contribution in [0.2, 0.25) is 0 Å². The second-order valence-electron chi connectivity index (χ2n) is 11.6. The van der Waals surface area contributed by atoms with Crippen LogP contribution in [0.15, 0.2) is 143 Å². The van der Waals surface area contributed by atoms with Crippen LogP contribution in [0.5, 0.6) is 17.2 Å². The monoisotopic (exact) mass is 756 g/mol. The van der Waals surface area contributed by atoms with Gasteiger partial charge in [-0.15, -0.1) is 23.1 Å². The zero-order chi connectivity index (χ0) is 37.9. The van der Waals surface area contributed by atoms with Crippen LogP contribution in [-0.2, 0) is 9.59 Å². The van der Waals surface area contributed by atoms with Gasteiger partial charge in [-0.3, -0.25) is 14.4 Å². The number of anilines is 2. The van der Waals surface area contributed by atoms with Gasteiger partial charge in [0.2, 0.25) is 5.91 Å². The number of thiazole rings is 1. The number of benzene rings is 5. The van der Waals surface area contributed by atoms with E-state index in [1.54, 1.807) is 74.9 Å². The Bertz CT molecular complexity index is 2280. The summed E-state index contributed by atoms with van der Waals surface area (Å²) in [6.07, 6.45) is 1.57. The quantitative estimate of drug-likeness (QED) is 0.0744. The van der Waals surface area contributed by atoms with Gasteiger partial charge >= 0.3 is 0 Å². The van der Waals surface area contributed by atoms with E-state index in [0.717, 1.165) is 16.0 Å². The number of nitrogens with zero attached hydrogens (tertiary/aromatic N) is 1. The van der Waals surface area contributed by atoms with Gasteiger partial charge in [0.15, 0.2) is 16.6 Å². The zero-order valence-corrected chi connectivity index (χ0v) is 31.2. The van der Waals surface area contributed by atoms with Crippen LogP contribution in [0.3, 0.4) is 0 Å². The van der Waals surface area contributed by atoms with E-state index in [-0.39, 0.29) is 11.6 Å². The van der Waals surface area contributed by atoms with Gasteiger partial charge in [0.25, 0.3) is 11.8 Å². The van der Waals surface area contributed by atoms with Crippen LogP contribution in [-0.4, -0.2) is 44.0 Å². The lowest BCUT2D eigenvalue weighted by Crippen LogP contribution is -2.30. The predicted octanol–water partition coefficient (Wildman–Crippen LogP) is 8.72. The molecule has 1 aromatic heterocycles. The van der Waals surface area contributed by atoms with Gasteiger partial charge in [-0.25, -0.2) is 4.98 Å². The fourth-order valence-corrected chi connectivity index (χ4v) is 7.20. The topological polar surface area (TPSA) is 128 Å². The number of para-hydroxylation sites is 1. The molecular weight excluding hydrogens is 721 g/mol. The summed E-state index contributed by atoms with van der Waals surface area (Å²) in [6.45, 7) is 0. The largest absolute Gasteiger partial charge is 0.496 e. The van der Waals surface area contributed by atoms with Crippen molar-refractivity contribution in [2.45, 2.75) is 10.1 Å². The highest BCUT2D eigenvalue weighted by atomic mass is 32.2. The van der Waals surface area contributed by atoms with Gasteiger partial charge in [0.05, 0.1) is 27.0 Å². The maximum Gasteiger partial charge on any atom is 0.272 e. The Morgan fingerprint density at radius 3 is 2.17 bits per heavy atom. The van der Waals surface area contributed by atoms with Gasteiger partial charge < -0.3 is 30.2 Å². The standard InChI is InChI=1S/C42H36N4O6S2/c1-50-35-20-11-10-17-30(35)23-33(44-39(47)28-15-8-5-9-16-28)40(48)43-31-18-12-19-32(25-31)54-38(27-13-6-4-7-14-27)41(49)46-42-45-34(26-53-42)29-21-22-36(51-2)37(24-29)52-3/h4-26,38H,1-3H3,(H,43,48)(H,44,47)(H,45,46,49)/b33-23+. The summed E-state index contributed by atoms with van der Waals surface area (Å²) in [4.78, 5) is 46.3. The van der Waals surface area contributed by atoms with Crippen LogP contribution in [0.25, 0.3) is 17.3 Å². The van der Waals surface area contributed by atoms with E-state index in [1.807, 2.05) is 78.2 Å². The Morgan fingerprint density at radius 1 is 0.722 bits per heavy atom. The van der Waals surface area contributed by atoms with Crippen LogP contribution in [0, 0.1) is 0 Å². The first-order chi connectivity index (χ1) is 26.3. The van der Waals surface area contributed by atoms with Crippen molar-refractivity contribution in [3.63, 3.8) is 0 Å². The highest BCUT2D eigenvalue weighted by Crippen LogP contribution is 2.38. The van der Waals surface area contributed by atoms with Gasteiger partial charge in [-0.2, -0.15) is 0 Å². The molecule has 0 fully saturated rings. The minimum Gasteiger partial charge on any atom is -0.496 e. The Morgan fingerprint density at radius 2 is 1.43 bits per heavy atom. The molecule has 0 spiro atoms. The Balaban J connectivity index is 1.22. The number of methoxy groups -OCH3 is 3. The lowest BCUT2D eigenvalue weighted by molar-refractivity contribution is -0.116. The van der Waals surface area contributed by atoms with Crippen molar-refractivity contribution >= 4 is 57.7 Å². The van der Waals surface area contributed by atoms with Crippen molar-refractivity contribution < 1.29 is 28.6 Å². The van der Waals surface area contributed by atoms with Crippen molar-refractivity contribution in [2.75, 3.05) is 32.0 Å². The fraction of sp³-hybridized carbons (Fsp3) is 0.0952.